The molecule has 31 heavy (non-hydrogen) atoms. The molecule has 0 saturated heterocycles. The van der Waals surface area contributed by atoms with Crippen LogP contribution in [0.2, 0.25) is 0 Å². The number of hydrogen-bond donors (Lipinski definition) is 2. The second-order valence-electron chi connectivity index (χ2n) is 6.58. The number of furan rings is 1. The monoisotopic (exact) mass is 435 g/mol. The van der Waals surface area contributed by atoms with Gasteiger partial charge in [-0.25, -0.2) is 4.98 Å². The Morgan fingerprint density at radius 1 is 1.16 bits per heavy atom. The Balaban J connectivity index is 1.40. The number of benzene rings is 2. The highest BCUT2D eigenvalue weighted by Crippen LogP contribution is 2.31. The zero-order chi connectivity index (χ0) is 21.8. The van der Waals surface area contributed by atoms with Crippen molar-refractivity contribution in [2.24, 2.45) is 0 Å². The Hall–Kier alpha value is -3.92. The molecule has 1 amide bonds. The zero-order valence-corrected chi connectivity index (χ0v) is 17.2. The van der Waals surface area contributed by atoms with Crippen LogP contribution < -0.4 is 5.32 Å². The molecular weight excluding hydrogens is 418 g/mol. The van der Waals surface area contributed by atoms with Gasteiger partial charge < -0.3 is 9.73 Å². The van der Waals surface area contributed by atoms with Gasteiger partial charge in [-0.1, -0.05) is 36.0 Å². The lowest BCUT2D eigenvalue weighted by Gasteiger charge is -2.05. The molecular formula is C21H17N5O4S. The SMILES string of the molecule is Cc1nc(SCc2ccc(NC(=O)c3ccc(-c4ccccc4[N+](=O)[O-])o3)cc2)n[nH]1. The Kier molecular flexibility index (Phi) is 5.80. The molecule has 2 heterocycles. The lowest BCUT2D eigenvalue weighted by atomic mass is 10.1. The largest absolute Gasteiger partial charge is 0.451 e. The molecule has 0 spiro atoms. The van der Waals surface area contributed by atoms with Gasteiger partial charge in [0.05, 0.1) is 10.5 Å². The highest BCUT2D eigenvalue weighted by atomic mass is 32.2. The number of nitrogens with zero attached hydrogens (tertiary/aromatic N) is 3. The number of anilines is 1. The summed E-state index contributed by atoms with van der Waals surface area (Å²) in [5.41, 5.74) is 1.89. The van der Waals surface area contributed by atoms with Crippen molar-refractivity contribution in [3.8, 4) is 11.3 Å². The van der Waals surface area contributed by atoms with Crippen molar-refractivity contribution in [2.45, 2.75) is 17.8 Å². The van der Waals surface area contributed by atoms with E-state index in [9.17, 15) is 14.9 Å². The molecule has 2 aromatic carbocycles. The van der Waals surface area contributed by atoms with Crippen molar-refractivity contribution in [3.05, 3.63) is 87.9 Å². The van der Waals surface area contributed by atoms with Crippen LogP contribution in [0, 0.1) is 17.0 Å². The van der Waals surface area contributed by atoms with Crippen molar-refractivity contribution in [1.29, 1.82) is 0 Å². The number of aromatic amines is 1. The zero-order valence-electron chi connectivity index (χ0n) is 16.4. The van der Waals surface area contributed by atoms with Gasteiger partial charge >= 0.3 is 0 Å². The summed E-state index contributed by atoms with van der Waals surface area (Å²) in [6, 6.07) is 16.7. The molecule has 0 aliphatic heterocycles. The number of para-hydroxylation sites is 1. The highest BCUT2D eigenvalue weighted by molar-refractivity contribution is 7.98. The maximum Gasteiger partial charge on any atom is 0.291 e. The number of thioether (sulfide) groups is 1. The van der Waals surface area contributed by atoms with Crippen LogP contribution in [-0.2, 0) is 5.75 Å². The van der Waals surface area contributed by atoms with E-state index < -0.39 is 10.8 Å². The molecule has 0 aliphatic rings. The molecule has 0 radical (unpaired) electrons. The second-order valence-corrected chi connectivity index (χ2v) is 7.52. The summed E-state index contributed by atoms with van der Waals surface area (Å²) in [5, 5.41) is 21.5. The fourth-order valence-electron chi connectivity index (χ4n) is 2.86. The Morgan fingerprint density at radius 3 is 2.65 bits per heavy atom. The fourth-order valence-corrected chi connectivity index (χ4v) is 3.66. The van der Waals surface area contributed by atoms with E-state index in [-0.39, 0.29) is 17.2 Å². The molecule has 156 valence electrons. The molecule has 0 fully saturated rings. The van der Waals surface area contributed by atoms with Gasteiger partial charge in [0.1, 0.15) is 11.6 Å². The molecule has 2 N–H and O–H groups in total. The first-order chi connectivity index (χ1) is 15.0. The van der Waals surface area contributed by atoms with E-state index in [1.54, 1.807) is 36.4 Å². The molecule has 0 bridgehead atoms. The van der Waals surface area contributed by atoms with Crippen molar-refractivity contribution >= 4 is 29.0 Å². The van der Waals surface area contributed by atoms with E-state index in [0.29, 0.717) is 22.2 Å². The first-order valence-electron chi connectivity index (χ1n) is 9.25. The van der Waals surface area contributed by atoms with Crippen LogP contribution in [0.25, 0.3) is 11.3 Å². The molecule has 0 aliphatic carbocycles. The van der Waals surface area contributed by atoms with E-state index >= 15 is 0 Å². The summed E-state index contributed by atoms with van der Waals surface area (Å²) >= 11 is 1.51. The van der Waals surface area contributed by atoms with Gasteiger partial charge in [0.25, 0.3) is 11.6 Å². The molecule has 10 heteroatoms. The molecule has 9 nitrogen and oxygen atoms in total. The summed E-state index contributed by atoms with van der Waals surface area (Å²) in [6.07, 6.45) is 0. The van der Waals surface area contributed by atoms with Gasteiger partial charge in [-0.05, 0) is 42.8 Å². The van der Waals surface area contributed by atoms with Crippen molar-refractivity contribution < 1.29 is 14.1 Å². The first-order valence-corrected chi connectivity index (χ1v) is 10.2. The van der Waals surface area contributed by atoms with Crippen LogP contribution in [0.4, 0.5) is 11.4 Å². The van der Waals surface area contributed by atoms with Crippen molar-refractivity contribution in [3.63, 3.8) is 0 Å². The Morgan fingerprint density at radius 2 is 1.94 bits per heavy atom. The third kappa shape index (κ3) is 4.81. The van der Waals surface area contributed by atoms with Crippen LogP contribution in [0.15, 0.2) is 70.2 Å². The predicted molar refractivity (Wildman–Crippen MR) is 116 cm³/mol. The van der Waals surface area contributed by atoms with Crippen LogP contribution in [0.5, 0.6) is 0 Å². The lowest BCUT2D eigenvalue weighted by Crippen LogP contribution is -2.10. The minimum atomic E-state index is -0.485. The lowest BCUT2D eigenvalue weighted by molar-refractivity contribution is -0.384. The highest BCUT2D eigenvalue weighted by Gasteiger charge is 2.19. The molecule has 4 rings (SSSR count). The van der Waals surface area contributed by atoms with Crippen LogP contribution in [-0.4, -0.2) is 26.0 Å². The number of carbonyl (C=O) groups is 1. The summed E-state index contributed by atoms with van der Waals surface area (Å²) in [5.74, 6) is 1.34. The second kappa shape index (κ2) is 8.84. The number of nitro benzene ring substituents is 1. The molecule has 4 aromatic rings. The van der Waals surface area contributed by atoms with E-state index in [1.165, 1.54) is 23.9 Å². The number of nitrogens with one attached hydrogen (secondary N) is 2. The van der Waals surface area contributed by atoms with Crippen molar-refractivity contribution in [2.75, 3.05) is 5.32 Å². The summed E-state index contributed by atoms with van der Waals surface area (Å²) in [6.45, 7) is 1.84. The number of rotatable bonds is 7. The van der Waals surface area contributed by atoms with Crippen molar-refractivity contribution in [1.82, 2.24) is 15.2 Å². The van der Waals surface area contributed by atoms with Gasteiger partial charge in [0, 0.05) is 17.5 Å². The van der Waals surface area contributed by atoms with E-state index in [2.05, 4.69) is 20.5 Å². The normalized spacial score (nSPS) is 10.7. The van der Waals surface area contributed by atoms with Crippen LogP contribution >= 0.6 is 11.8 Å². The predicted octanol–water partition coefficient (Wildman–Crippen LogP) is 4.83. The molecule has 0 unspecified atom stereocenters. The van der Waals surface area contributed by atoms with Crippen LogP contribution in [0.1, 0.15) is 21.9 Å². The number of H-pyrrole nitrogens is 1. The molecule has 2 aromatic heterocycles. The number of carbonyl (C=O) groups excluding carboxylic acids is 1. The average Bonchev–Trinajstić information content (AvgIpc) is 3.42. The van der Waals surface area contributed by atoms with Gasteiger partial charge in [-0.2, -0.15) is 0 Å². The maximum atomic E-state index is 12.5. The summed E-state index contributed by atoms with van der Waals surface area (Å²) in [4.78, 5) is 27.5. The Labute approximate surface area is 181 Å². The number of nitro groups is 1. The smallest absolute Gasteiger partial charge is 0.291 e. The van der Waals surface area contributed by atoms with E-state index in [0.717, 1.165) is 11.4 Å². The minimum absolute atomic E-state index is 0.0627. The van der Waals surface area contributed by atoms with Gasteiger partial charge in [0.2, 0.25) is 5.16 Å². The quantitative estimate of drug-likeness (QED) is 0.242. The third-order valence-corrected chi connectivity index (χ3v) is 5.27. The van der Waals surface area contributed by atoms with E-state index in [4.69, 9.17) is 4.42 Å². The third-order valence-electron chi connectivity index (χ3n) is 4.35. The number of aryl methyl sites for hydroxylation is 1. The summed E-state index contributed by atoms with van der Waals surface area (Å²) in [7, 11) is 0. The minimum Gasteiger partial charge on any atom is -0.451 e. The standard InChI is InChI=1S/C21H17N5O4S/c1-13-22-21(25-24-13)31-12-14-6-8-15(9-7-14)23-20(27)19-11-10-18(30-19)16-4-2-3-5-17(16)26(28)29/h2-11H,12H2,1H3,(H,23,27)(H,22,24,25). The molecule has 0 saturated carbocycles. The van der Waals surface area contributed by atoms with Gasteiger partial charge in [0.15, 0.2) is 5.76 Å². The fraction of sp³-hybridized carbons (Fsp3) is 0.0952. The summed E-state index contributed by atoms with van der Waals surface area (Å²) < 4.78 is 5.57. The number of aromatic nitrogens is 3. The number of hydrogen-bond acceptors (Lipinski definition) is 7. The Bertz CT molecular complexity index is 1230. The van der Waals surface area contributed by atoms with E-state index in [1.807, 2.05) is 19.1 Å². The maximum absolute atomic E-state index is 12.5. The molecule has 0 atom stereocenters. The van der Waals surface area contributed by atoms with Gasteiger partial charge in [-0.15, -0.1) is 5.10 Å². The van der Waals surface area contributed by atoms with Gasteiger partial charge in [-0.3, -0.25) is 20.0 Å². The van der Waals surface area contributed by atoms with Crippen LogP contribution in [0.3, 0.4) is 0 Å². The number of amides is 1. The first kappa shape index (κ1) is 20.4. The average molecular weight is 435 g/mol. The topological polar surface area (TPSA) is 127 Å².